The number of rotatable bonds is 5. The molecule has 0 aromatic heterocycles. The number of hydrogen-bond donors (Lipinski definition) is 1. The van der Waals surface area contributed by atoms with Crippen LogP contribution in [0.3, 0.4) is 0 Å². The lowest BCUT2D eigenvalue weighted by Crippen LogP contribution is -2.59. The van der Waals surface area contributed by atoms with Crippen molar-refractivity contribution in [1.29, 1.82) is 0 Å². The molecular formula is C15H31N3O. The van der Waals surface area contributed by atoms with Crippen LogP contribution in [-0.2, 0) is 4.74 Å². The maximum atomic E-state index is 5.16. The van der Waals surface area contributed by atoms with Gasteiger partial charge in [-0.2, -0.15) is 0 Å². The topological polar surface area (TPSA) is 27.7 Å². The van der Waals surface area contributed by atoms with E-state index in [-0.39, 0.29) is 0 Å². The van der Waals surface area contributed by atoms with Gasteiger partial charge in [-0.05, 0) is 24.8 Å². The van der Waals surface area contributed by atoms with Crippen LogP contribution in [0.1, 0.15) is 26.7 Å². The maximum absolute atomic E-state index is 5.16. The van der Waals surface area contributed by atoms with Crippen molar-refractivity contribution in [3.8, 4) is 0 Å². The third kappa shape index (κ3) is 4.15. The maximum Gasteiger partial charge on any atom is 0.0474 e. The number of nitrogens with one attached hydrogen (secondary N) is 1. The van der Waals surface area contributed by atoms with Gasteiger partial charge < -0.3 is 15.0 Å². The third-order valence-corrected chi connectivity index (χ3v) is 4.67. The average Bonchev–Trinajstić information content (AvgIpc) is 2.39. The van der Waals surface area contributed by atoms with Crippen LogP contribution in [0.4, 0.5) is 0 Å². The van der Waals surface area contributed by atoms with E-state index in [1.54, 1.807) is 7.11 Å². The van der Waals surface area contributed by atoms with Crippen LogP contribution < -0.4 is 5.32 Å². The SMILES string of the molecule is COCCCN1CCC(N2CCNCC2)C(C)(C)C1. The molecule has 0 radical (unpaired) electrons. The van der Waals surface area contributed by atoms with E-state index in [9.17, 15) is 0 Å². The summed E-state index contributed by atoms with van der Waals surface area (Å²) < 4.78 is 5.16. The van der Waals surface area contributed by atoms with Crippen LogP contribution in [0.5, 0.6) is 0 Å². The molecule has 2 aliphatic heterocycles. The Balaban J connectivity index is 1.84. The van der Waals surface area contributed by atoms with Crippen LogP contribution in [0, 0.1) is 5.41 Å². The highest BCUT2D eigenvalue weighted by Gasteiger charge is 2.39. The summed E-state index contributed by atoms with van der Waals surface area (Å²) in [5.41, 5.74) is 0.405. The zero-order valence-corrected chi connectivity index (χ0v) is 13.0. The Labute approximate surface area is 118 Å². The standard InChI is InChI=1S/C15H31N3O/c1-15(2)13-17(8-4-12-19-3)9-5-14(15)18-10-6-16-7-11-18/h14,16H,4-13H2,1-3H3. The fourth-order valence-electron chi connectivity index (χ4n) is 3.75. The van der Waals surface area contributed by atoms with Crippen molar-refractivity contribution in [2.75, 3.05) is 59.5 Å². The highest BCUT2D eigenvalue weighted by molar-refractivity contribution is 4.94. The number of piperidine rings is 1. The molecule has 1 atom stereocenters. The molecule has 2 fully saturated rings. The molecule has 0 saturated carbocycles. The van der Waals surface area contributed by atoms with Gasteiger partial charge in [-0.25, -0.2) is 0 Å². The van der Waals surface area contributed by atoms with Crippen molar-refractivity contribution >= 4 is 0 Å². The molecule has 112 valence electrons. The molecular weight excluding hydrogens is 238 g/mol. The molecule has 0 amide bonds. The molecule has 0 aromatic rings. The molecule has 2 heterocycles. The molecule has 1 N–H and O–H groups in total. The Hall–Kier alpha value is -0.160. The molecule has 19 heavy (non-hydrogen) atoms. The van der Waals surface area contributed by atoms with Crippen molar-refractivity contribution in [2.24, 2.45) is 5.41 Å². The minimum Gasteiger partial charge on any atom is -0.385 e. The van der Waals surface area contributed by atoms with Gasteiger partial charge in [-0.1, -0.05) is 13.8 Å². The molecule has 0 spiro atoms. The second kappa shape index (κ2) is 7.02. The average molecular weight is 269 g/mol. The summed E-state index contributed by atoms with van der Waals surface area (Å²) >= 11 is 0. The smallest absolute Gasteiger partial charge is 0.0474 e. The van der Waals surface area contributed by atoms with E-state index >= 15 is 0 Å². The van der Waals surface area contributed by atoms with E-state index in [0.29, 0.717) is 5.41 Å². The quantitative estimate of drug-likeness (QED) is 0.755. The fourth-order valence-corrected chi connectivity index (χ4v) is 3.75. The van der Waals surface area contributed by atoms with E-state index < -0.39 is 0 Å². The molecule has 4 nitrogen and oxygen atoms in total. The minimum atomic E-state index is 0.405. The molecule has 2 aliphatic rings. The third-order valence-electron chi connectivity index (χ3n) is 4.67. The van der Waals surface area contributed by atoms with E-state index in [0.717, 1.165) is 32.2 Å². The lowest BCUT2D eigenvalue weighted by molar-refractivity contribution is -0.00142. The molecule has 1 unspecified atom stereocenters. The predicted octanol–water partition coefficient (Wildman–Crippen LogP) is 1.03. The second-order valence-electron chi connectivity index (χ2n) is 6.70. The highest BCUT2D eigenvalue weighted by Crippen LogP contribution is 2.33. The largest absolute Gasteiger partial charge is 0.385 e. The fraction of sp³-hybridized carbons (Fsp3) is 1.00. The summed E-state index contributed by atoms with van der Waals surface area (Å²) in [6.07, 6.45) is 2.48. The summed E-state index contributed by atoms with van der Waals surface area (Å²) in [5, 5.41) is 3.46. The number of piperazine rings is 1. The zero-order valence-electron chi connectivity index (χ0n) is 13.0. The van der Waals surface area contributed by atoms with Crippen LogP contribution in [0.2, 0.25) is 0 Å². The van der Waals surface area contributed by atoms with Gasteiger partial charge in [0.2, 0.25) is 0 Å². The van der Waals surface area contributed by atoms with Crippen LogP contribution in [0.25, 0.3) is 0 Å². The van der Waals surface area contributed by atoms with Crippen molar-refractivity contribution in [3.05, 3.63) is 0 Å². The molecule has 2 saturated heterocycles. The Morgan fingerprint density at radius 3 is 2.58 bits per heavy atom. The first-order valence-corrected chi connectivity index (χ1v) is 7.79. The molecule has 2 rings (SSSR count). The summed E-state index contributed by atoms with van der Waals surface area (Å²) in [4.78, 5) is 5.33. The highest BCUT2D eigenvalue weighted by atomic mass is 16.5. The van der Waals surface area contributed by atoms with Gasteiger partial charge in [0.25, 0.3) is 0 Å². The van der Waals surface area contributed by atoms with Gasteiger partial charge in [-0.15, -0.1) is 0 Å². The van der Waals surface area contributed by atoms with Crippen molar-refractivity contribution < 1.29 is 4.74 Å². The number of methoxy groups -OCH3 is 1. The number of nitrogens with zero attached hydrogens (tertiary/aromatic N) is 2. The van der Waals surface area contributed by atoms with Crippen molar-refractivity contribution in [2.45, 2.75) is 32.7 Å². The van der Waals surface area contributed by atoms with Crippen LogP contribution >= 0.6 is 0 Å². The Morgan fingerprint density at radius 2 is 1.95 bits per heavy atom. The first kappa shape index (κ1) is 15.2. The number of ether oxygens (including phenoxy) is 1. The van der Waals surface area contributed by atoms with Gasteiger partial charge in [0, 0.05) is 59.0 Å². The van der Waals surface area contributed by atoms with E-state index in [1.807, 2.05) is 0 Å². The van der Waals surface area contributed by atoms with Crippen LogP contribution in [0.15, 0.2) is 0 Å². The van der Waals surface area contributed by atoms with Crippen molar-refractivity contribution in [3.63, 3.8) is 0 Å². The molecule has 0 aromatic carbocycles. The lowest BCUT2D eigenvalue weighted by atomic mass is 9.78. The molecule has 0 aliphatic carbocycles. The monoisotopic (exact) mass is 269 g/mol. The Kier molecular flexibility index (Phi) is 5.63. The first-order chi connectivity index (χ1) is 9.13. The summed E-state index contributed by atoms with van der Waals surface area (Å²) in [7, 11) is 1.79. The zero-order chi connectivity index (χ0) is 13.7. The summed E-state index contributed by atoms with van der Waals surface area (Å²) in [6, 6.07) is 0.758. The van der Waals surface area contributed by atoms with Gasteiger partial charge >= 0.3 is 0 Å². The Morgan fingerprint density at radius 1 is 1.21 bits per heavy atom. The summed E-state index contributed by atoms with van der Waals surface area (Å²) in [5.74, 6) is 0. The van der Waals surface area contributed by atoms with Gasteiger partial charge in [0.15, 0.2) is 0 Å². The first-order valence-electron chi connectivity index (χ1n) is 7.79. The van der Waals surface area contributed by atoms with E-state index in [4.69, 9.17) is 4.74 Å². The van der Waals surface area contributed by atoms with Crippen molar-refractivity contribution in [1.82, 2.24) is 15.1 Å². The van der Waals surface area contributed by atoms with Gasteiger partial charge in [0.05, 0.1) is 0 Å². The van der Waals surface area contributed by atoms with Gasteiger partial charge in [0.1, 0.15) is 0 Å². The Bertz CT molecular complexity index is 264. The normalized spacial score (nSPS) is 29.5. The second-order valence-corrected chi connectivity index (χ2v) is 6.70. The predicted molar refractivity (Wildman–Crippen MR) is 79.6 cm³/mol. The van der Waals surface area contributed by atoms with E-state index in [1.165, 1.54) is 39.1 Å². The lowest BCUT2D eigenvalue weighted by Gasteiger charge is -2.50. The van der Waals surface area contributed by atoms with Gasteiger partial charge in [-0.3, -0.25) is 4.90 Å². The molecule has 4 heteroatoms. The minimum absolute atomic E-state index is 0.405. The number of likely N-dealkylation sites (tertiary alicyclic amines) is 1. The summed E-state index contributed by atoms with van der Waals surface area (Å²) in [6.45, 7) is 14.2. The number of hydrogen-bond acceptors (Lipinski definition) is 4. The molecule has 0 bridgehead atoms. The van der Waals surface area contributed by atoms with Crippen LogP contribution in [-0.4, -0.2) is 75.4 Å². The van der Waals surface area contributed by atoms with E-state index in [2.05, 4.69) is 29.0 Å².